The summed E-state index contributed by atoms with van der Waals surface area (Å²) in [5.74, 6) is -1.68. The van der Waals surface area contributed by atoms with Gasteiger partial charge in [0.2, 0.25) is 0 Å². The Labute approximate surface area is 197 Å². The number of hydrogen-bond acceptors (Lipinski definition) is 5. The van der Waals surface area contributed by atoms with E-state index in [0.29, 0.717) is 11.7 Å². The van der Waals surface area contributed by atoms with Crippen molar-refractivity contribution in [2.45, 2.75) is 51.3 Å². The highest BCUT2D eigenvalue weighted by Crippen LogP contribution is 2.42. The SMILES string of the molecule is CC1CCCN(CC2CC3(CCN(C(=O)c4ccc(O)cc4)CC3)CO2)C1.O=C(O)C(F)(F)F. The second-order valence-electron chi connectivity index (χ2n) is 9.79. The second-order valence-corrected chi connectivity index (χ2v) is 9.79. The molecule has 3 heterocycles. The summed E-state index contributed by atoms with van der Waals surface area (Å²) in [6, 6.07) is 6.57. The smallest absolute Gasteiger partial charge is 0.490 e. The number of phenols is 1. The molecule has 1 aromatic carbocycles. The van der Waals surface area contributed by atoms with Gasteiger partial charge in [0.15, 0.2) is 0 Å². The van der Waals surface area contributed by atoms with Crippen LogP contribution in [0.25, 0.3) is 0 Å². The number of nitrogens with zero attached hydrogens (tertiary/aromatic N) is 2. The van der Waals surface area contributed by atoms with E-state index in [1.165, 1.54) is 25.9 Å². The highest BCUT2D eigenvalue weighted by Gasteiger charge is 2.43. The molecule has 0 radical (unpaired) electrons. The molecular weight excluding hydrogens is 453 g/mol. The van der Waals surface area contributed by atoms with Gasteiger partial charge in [-0.05, 0) is 74.2 Å². The lowest BCUT2D eigenvalue weighted by Gasteiger charge is -2.38. The molecule has 34 heavy (non-hydrogen) atoms. The van der Waals surface area contributed by atoms with Crippen LogP contribution < -0.4 is 0 Å². The summed E-state index contributed by atoms with van der Waals surface area (Å²) in [5, 5.41) is 16.5. The molecule has 2 N–H and O–H groups in total. The van der Waals surface area contributed by atoms with Crippen molar-refractivity contribution in [3.63, 3.8) is 0 Å². The molecule has 0 bridgehead atoms. The largest absolute Gasteiger partial charge is 0.508 e. The Bertz CT molecular complexity index is 838. The topological polar surface area (TPSA) is 90.3 Å². The predicted octanol–water partition coefficient (Wildman–Crippen LogP) is 3.77. The van der Waals surface area contributed by atoms with Gasteiger partial charge in [-0.2, -0.15) is 13.2 Å². The quantitative estimate of drug-likeness (QED) is 0.676. The van der Waals surface area contributed by atoms with Crippen LogP contribution in [0.4, 0.5) is 13.2 Å². The van der Waals surface area contributed by atoms with Gasteiger partial charge in [-0.15, -0.1) is 0 Å². The van der Waals surface area contributed by atoms with E-state index in [9.17, 15) is 23.1 Å². The Morgan fingerprint density at radius 2 is 1.76 bits per heavy atom. The van der Waals surface area contributed by atoms with E-state index in [0.717, 1.165) is 51.4 Å². The molecule has 4 rings (SSSR count). The van der Waals surface area contributed by atoms with Gasteiger partial charge >= 0.3 is 12.1 Å². The average molecular weight is 487 g/mol. The molecule has 0 aromatic heterocycles. The Morgan fingerprint density at radius 1 is 1.15 bits per heavy atom. The summed E-state index contributed by atoms with van der Waals surface area (Å²) < 4.78 is 37.9. The maximum Gasteiger partial charge on any atom is 0.490 e. The third-order valence-corrected chi connectivity index (χ3v) is 6.96. The minimum Gasteiger partial charge on any atom is -0.508 e. The first-order valence-corrected chi connectivity index (χ1v) is 11.7. The molecule has 1 spiro atoms. The maximum atomic E-state index is 12.7. The van der Waals surface area contributed by atoms with Gasteiger partial charge in [-0.25, -0.2) is 4.79 Å². The van der Waals surface area contributed by atoms with Crippen molar-refractivity contribution in [1.29, 1.82) is 0 Å². The zero-order valence-corrected chi connectivity index (χ0v) is 19.4. The number of ether oxygens (including phenoxy) is 1. The lowest BCUT2D eigenvalue weighted by molar-refractivity contribution is -0.192. The van der Waals surface area contributed by atoms with E-state index in [1.807, 2.05) is 4.90 Å². The Hall–Kier alpha value is -2.33. The summed E-state index contributed by atoms with van der Waals surface area (Å²) >= 11 is 0. The van der Waals surface area contributed by atoms with Crippen LogP contribution in [0.5, 0.6) is 5.75 Å². The number of alkyl halides is 3. The number of aromatic hydroxyl groups is 1. The van der Waals surface area contributed by atoms with Crippen molar-refractivity contribution in [3.8, 4) is 5.75 Å². The molecule has 1 amide bonds. The first-order chi connectivity index (χ1) is 16.0. The number of likely N-dealkylation sites (tertiary alicyclic amines) is 2. The van der Waals surface area contributed by atoms with Crippen LogP contribution in [0, 0.1) is 11.3 Å². The Balaban J connectivity index is 0.000000406. The minimum absolute atomic E-state index is 0.0719. The van der Waals surface area contributed by atoms with E-state index in [2.05, 4.69) is 11.8 Å². The molecule has 2 unspecified atom stereocenters. The number of phenolic OH excluding ortho intramolecular Hbond substituents is 1. The van der Waals surface area contributed by atoms with Crippen molar-refractivity contribution < 1.29 is 37.7 Å². The minimum atomic E-state index is -5.08. The number of carboxylic acid groups (broad SMARTS) is 1. The molecule has 2 atom stereocenters. The fraction of sp³-hybridized carbons (Fsp3) is 0.667. The van der Waals surface area contributed by atoms with Crippen LogP contribution in [0.1, 0.15) is 49.4 Å². The van der Waals surface area contributed by atoms with E-state index >= 15 is 0 Å². The van der Waals surface area contributed by atoms with Gasteiger partial charge < -0.3 is 24.7 Å². The van der Waals surface area contributed by atoms with E-state index in [-0.39, 0.29) is 17.1 Å². The maximum absolute atomic E-state index is 12.7. The lowest BCUT2D eigenvalue weighted by atomic mass is 9.76. The van der Waals surface area contributed by atoms with E-state index in [4.69, 9.17) is 14.6 Å². The first kappa shape index (κ1) is 26.3. The normalized spacial score (nSPS) is 25.0. The van der Waals surface area contributed by atoms with E-state index < -0.39 is 12.1 Å². The van der Waals surface area contributed by atoms with Crippen molar-refractivity contribution in [2.24, 2.45) is 11.3 Å². The summed E-state index contributed by atoms with van der Waals surface area (Å²) in [6.07, 6.45) is 1.14. The number of carbonyl (C=O) groups is 2. The van der Waals surface area contributed by atoms with E-state index in [1.54, 1.807) is 24.3 Å². The molecule has 3 saturated heterocycles. The van der Waals surface area contributed by atoms with Gasteiger partial charge in [0.25, 0.3) is 5.91 Å². The third-order valence-electron chi connectivity index (χ3n) is 6.96. The Morgan fingerprint density at radius 3 is 2.32 bits per heavy atom. The fourth-order valence-electron chi connectivity index (χ4n) is 5.07. The van der Waals surface area contributed by atoms with Crippen LogP contribution in [-0.4, -0.2) is 83.5 Å². The van der Waals surface area contributed by atoms with Crippen LogP contribution in [0.2, 0.25) is 0 Å². The predicted molar refractivity (Wildman–Crippen MR) is 119 cm³/mol. The van der Waals surface area contributed by atoms with Crippen molar-refractivity contribution in [1.82, 2.24) is 9.80 Å². The van der Waals surface area contributed by atoms with Crippen LogP contribution >= 0.6 is 0 Å². The molecule has 3 fully saturated rings. The zero-order valence-electron chi connectivity index (χ0n) is 19.4. The van der Waals surface area contributed by atoms with Crippen molar-refractivity contribution in [2.75, 3.05) is 39.3 Å². The van der Waals surface area contributed by atoms with Gasteiger partial charge in [0, 0.05) is 31.7 Å². The first-order valence-electron chi connectivity index (χ1n) is 11.7. The fourth-order valence-corrected chi connectivity index (χ4v) is 5.07. The highest BCUT2D eigenvalue weighted by molar-refractivity contribution is 5.94. The number of amides is 1. The summed E-state index contributed by atoms with van der Waals surface area (Å²) in [6.45, 7) is 8.30. The van der Waals surface area contributed by atoms with Crippen LogP contribution in [-0.2, 0) is 9.53 Å². The number of carboxylic acids is 1. The monoisotopic (exact) mass is 486 g/mol. The van der Waals surface area contributed by atoms with Crippen LogP contribution in [0.3, 0.4) is 0 Å². The summed E-state index contributed by atoms with van der Waals surface area (Å²) in [7, 11) is 0. The number of benzene rings is 1. The van der Waals surface area contributed by atoms with Gasteiger partial charge in [-0.3, -0.25) is 4.79 Å². The molecule has 7 nitrogen and oxygen atoms in total. The zero-order chi connectivity index (χ0) is 24.9. The van der Waals surface area contributed by atoms with Gasteiger partial charge in [0.05, 0.1) is 12.7 Å². The Kier molecular flexibility index (Phi) is 8.46. The molecular formula is C24H33F3N2O5. The number of aliphatic carboxylic acids is 1. The van der Waals surface area contributed by atoms with Crippen molar-refractivity contribution in [3.05, 3.63) is 29.8 Å². The summed E-state index contributed by atoms with van der Waals surface area (Å²) in [4.78, 5) is 26.1. The number of rotatable bonds is 3. The number of hydrogen-bond donors (Lipinski definition) is 2. The van der Waals surface area contributed by atoms with Crippen LogP contribution in [0.15, 0.2) is 24.3 Å². The molecule has 0 aliphatic carbocycles. The molecule has 190 valence electrons. The van der Waals surface area contributed by atoms with Gasteiger partial charge in [0.1, 0.15) is 5.75 Å². The highest BCUT2D eigenvalue weighted by atomic mass is 19.4. The molecule has 3 aliphatic rings. The molecule has 1 aromatic rings. The standard InChI is InChI=1S/C22H32N2O3.C2HF3O2/c1-17-3-2-10-23(14-17)15-20-13-22(16-27-20)8-11-24(12-9-22)21(26)18-4-6-19(25)7-5-18;3-2(4,5)1(6)7/h4-7,17,20,25H,2-3,8-16H2,1H3;(H,6,7). The number of piperidine rings is 2. The molecule has 10 heteroatoms. The number of carbonyl (C=O) groups excluding carboxylic acids is 1. The third kappa shape index (κ3) is 7.09. The number of halogens is 3. The summed E-state index contributed by atoms with van der Waals surface area (Å²) in [5.41, 5.74) is 0.918. The average Bonchev–Trinajstić information content (AvgIpc) is 3.16. The van der Waals surface area contributed by atoms with Gasteiger partial charge in [-0.1, -0.05) is 6.92 Å². The molecule has 0 saturated carbocycles. The van der Waals surface area contributed by atoms with Crippen molar-refractivity contribution >= 4 is 11.9 Å². The molecule has 3 aliphatic heterocycles. The lowest BCUT2D eigenvalue weighted by Crippen LogP contribution is -2.44. The second kappa shape index (κ2) is 10.9.